The van der Waals surface area contributed by atoms with Gasteiger partial charge in [0.15, 0.2) is 0 Å². The third-order valence-electron chi connectivity index (χ3n) is 11.2. The van der Waals surface area contributed by atoms with Crippen LogP contribution >= 0.6 is 0 Å². The number of anilines is 1. The van der Waals surface area contributed by atoms with Crippen LogP contribution in [0.25, 0.3) is 4.85 Å². The van der Waals surface area contributed by atoms with Crippen molar-refractivity contribution in [2.24, 2.45) is 17.8 Å². The maximum Gasteiger partial charge on any atom is 0.407 e. The Morgan fingerprint density at radius 3 is 2.51 bits per heavy atom. The van der Waals surface area contributed by atoms with Crippen molar-refractivity contribution in [1.29, 1.82) is 0 Å². The number of hydrogen-bond donors (Lipinski definition) is 1. The maximum atomic E-state index is 14.9. The van der Waals surface area contributed by atoms with Gasteiger partial charge < -0.3 is 29.5 Å². The highest BCUT2D eigenvalue weighted by Gasteiger charge is 2.53. The van der Waals surface area contributed by atoms with Gasteiger partial charge in [-0.1, -0.05) is 24.6 Å². The lowest BCUT2D eigenvalue weighted by molar-refractivity contribution is 0.0235. The second-order valence-corrected chi connectivity index (χ2v) is 13.6. The topological polar surface area (TPSA) is 61.6 Å². The van der Waals surface area contributed by atoms with E-state index in [1.165, 1.54) is 13.5 Å². The number of carbonyl (C=O) groups is 1. The van der Waals surface area contributed by atoms with Gasteiger partial charge in [0.1, 0.15) is 11.6 Å². The standard InChI is InChI=1S/C36H48FN5O3/c1-38-33-12-11-30(22-34(33)44-2)42-20-13-26(24-42)23-40-18-14-27(15-19-40)36(25-41-16-6-17-41,28-7-4-8-29(37)21-28)31-9-5-10-32(31)39-35(43)45-3/h4,7-8,11-12,21-22,26-27,31-32H,5-6,9-10,13-20,23-25H2,2-3H3,(H,39,43)/t26-,31-,32-,36-/m0/s1. The van der Waals surface area contributed by atoms with E-state index in [9.17, 15) is 9.18 Å². The van der Waals surface area contributed by atoms with Gasteiger partial charge in [-0.15, -0.1) is 0 Å². The van der Waals surface area contributed by atoms with Crippen LogP contribution in [0.1, 0.15) is 50.5 Å². The second kappa shape index (κ2) is 14.0. The lowest BCUT2D eigenvalue weighted by atomic mass is 9.57. The fourth-order valence-corrected chi connectivity index (χ4v) is 8.91. The number of halogens is 1. The molecule has 0 unspecified atom stereocenters. The summed E-state index contributed by atoms with van der Waals surface area (Å²) in [6, 6.07) is 13.3. The fourth-order valence-electron chi connectivity index (χ4n) is 8.91. The number of amides is 1. The molecule has 4 aliphatic rings. The Balaban J connectivity index is 1.18. The van der Waals surface area contributed by atoms with Crippen molar-refractivity contribution in [3.05, 3.63) is 65.3 Å². The molecule has 1 aliphatic carbocycles. The number of alkyl carbamates (subject to hydrolysis) is 1. The summed E-state index contributed by atoms with van der Waals surface area (Å²) in [7, 11) is 3.06. The molecule has 4 atom stereocenters. The van der Waals surface area contributed by atoms with E-state index in [1.54, 1.807) is 19.2 Å². The SMILES string of the molecule is [C-]#[N+]c1ccc(N2CC[C@@H](CN3CCC([C@@](CN4CCC4)(c4cccc(F)c4)[C@H]4CCC[C@@H]4NC(=O)OC)CC3)C2)cc1OC. The molecule has 0 aromatic heterocycles. The second-order valence-electron chi connectivity index (χ2n) is 13.6. The number of nitrogens with zero attached hydrogens (tertiary/aromatic N) is 4. The van der Waals surface area contributed by atoms with Crippen molar-refractivity contribution in [2.75, 3.05) is 71.5 Å². The highest BCUT2D eigenvalue weighted by Crippen LogP contribution is 2.51. The molecule has 3 aliphatic heterocycles. The minimum absolute atomic E-state index is 0.0203. The minimum Gasteiger partial charge on any atom is -0.508 e. The molecule has 1 N–H and O–H groups in total. The first-order valence-corrected chi connectivity index (χ1v) is 16.8. The molecule has 2 aromatic carbocycles. The molecule has 9 heteroatoms. The van der Waals surface area contributed by atoms with Gasteiger partial charge in [-0.2, -0.15) is 0 Å². The summed E-state index contributed by atoms with van der Waals surface area (Å²) < 4.78 is 25.4. The van der Waals surface area contributed by atoms with Crippen LogP contribution in [0.5, 0.6) is 5.75 Å². The zero-order chi connectivity index (χ0) is 31.4. The van der Waals surface area contributed by atoms with Gasteiger partial charge in [0.05, 0.1) is 20.8 Å². The smallest absolute Gasteiger partial charge is 0.407 e. The summed E-state index contributed by atoms with van der Waals surface area (Å²) in [5.74, 6) is 1.67. The Kier molecular flexibility index (Phi) is 9.81. The number of nitrogens with one attached hydrogen (secondary N) is 1. The normalized spacial score (nSPS) is 25.7. The van der Waals surface area contributed by atoms with E-state index in [-0.39, 0.29) is 29.3 Å². The van der Waals surface area contributed by atoms with Crippen LogP contribution in [0.4, 0.5) is 20.6 Å². The van der Waals surface area contributed by atoms with Crippen molar-refractivity contribution in [3.8, 4) is 5.75 Å². The Morgan fingerprint density at radius 1 is 1.00 bits per heavy atom. The summed E-state index contributed by atoms with van der Waals surface area (Å²) in [4.78, 5) is 23.6. The number of hydrogen-bond acceptors (Lipinski definition) is 6. The van der Waals surface area contributed by atoms with Crippen LogP contribution in [0, 0.1) is 30.1 Å². The van der Waals surface area contributed by atoms with E-state index < -0.39 is 0 Å². The first-order chi connectivity index (χ1) is 21.9. The molecule has 242 valence electrons. The molecule has 2 aromatic rings. The van der Waals surface area contributed by atoms with Crippen molar-refractivity contribution in [1.82, 2.24) is 15.1 Å². The van der Waals surface area contributed by atoms with E-state index in [2.05, 4.69) is 30.9 Å². The molecule has 0 radical (unpaired) electrons. The Bertz CT molecular complexity index is 1370. The van der Waals surface area contributed by atoms with Crippen LogP contribution in [0.15, 0.2) is 42.5 Å². The molecule has 3 heterocycles. The first-order valence-electron chi connectivity index (χ1n) is 16.8. The van der Waals surface area contributed by atoms with Crippen molar-refractivity contribution < 1.29 is 18.7 Å². The molecule has 45 heavy (non-hydrogen) atoms. The van der Waals surface area contributed by atoms with E-state index >= 15 is 0 Å². The Hall–Kier alpha value is -3.35. The van der Waals surface area contributed by atoms with E-state index in [0.717, 1.165) is 102 Å². The summed E-state index contributed by atoms with van der Waals surface area (Å²) in [5.41, 5.74) is 2.53. The number of ether oxygens (including phenoxy) is 2. The third kappa shape index (κ3) is 6.64. The quantitative estimate of drug-likeness (QED) is 0.326. The maximum absolute atomic E-state index is 14.9. The lowest BCUT2D eigenvalue weighted by Crippen LogP contribution is -2.59. The number of methoxy groups -OCH3 is 2. The minimum atomic E-state index is -0.370. The molecular formula is C36H48FN5O3. The van der Waals surface area contributed by atoms with Crippen LogP contribution in [-0.4, -0.2) is 88.5 Å². The Labute approximate surface area is 267 Å². The molecule has 4 fully saturated rings. The summed E-state index contributed by atoms with van der Waals surface area (Å²) in [6.45, 7) is 15.6. The number of likely N-dealkylation sites (tertiary alicyclic amines) is 2. The van der Waals surface area contributed by atoms with Crippen LogP contribution < -0.4 is 15.0 Å². The zero-order valence-corrected chi connectivity index (χ0v) is 26.8. The average molecular weight is 618 g/mol. The van der Waals surface area contributed by atoms with Gasteiger partial charge in [-0.25, -0.2) is 14.0 Å². The van der Waals surface area contributed by atoms with E-state index in [0.29, 0.717) is 23.3 Å². The van der Waals surface area contributed by atoms with E-state index in [4.69, 9.17) is 16.0 Å². The number of rotatable bonds is 10. The van der Waals surface area contributed by atoms with Crippen molar-refractivity contribution in [2.45, 2.75) is 56.4 Å². The predicted octanol–water partition coefficient (Wildman–Crippen LogP) is 6.09. The first kappa shape index (κ1) is 31.6. The Morgan fingerprint density at radius 2 is 1.82 bits per heavy atom. The van der Waals surface area contributed by atoms with Crippen LogP contribution in [0.2, 0.25) is 0 Å². The molecule has 3 saturated heterocycles. The van der Waals surface area contributed by atoms with Crippen molar-refractivity contribution in [3.63, 3.8) is 0 Å². The molecule has 0 spiro atoms. The third-order valence-corrected chi connectivity index (χ3v) is 11.2. The number of benzene rings is 2. The van der Waals surface area contributed by atoms with Gasteiger partial charge in [-0.05, 0) is 112 Å². The summed E-state index contributed by atoms with van der Waals surface area (Å²) >= 11 is 0. The largest absolute Gasteiger partial charge is 0.508 e. The van der Waals surface area contributed by atoms with Crippen molar-refractivity contribution >= 4 is 17.5 Å². The number of piperidine rings is 1. The molecular weight excluding hydrogens is 569 g/mol. The average Bonchev–Trinajstić information content (AvgIpc) is 3.71. The van der Waals surface area contributed by atoms with Gasteiger partial charge in [0.2, 0.25) is 5.69 Å². The molecule has 1 saturated carbocycles. The van der Waals surface area contributed by atoms with Crippen LogP contribution in [0.3, 0.4) is 0 Å². The fraction of sp³-hybridized carbons (Fsp3) is 0.611. The molecule has 6 rings (SSSR count). The van der Waals surface area contributed by atoms with Gasteiger partial charge in [-0.3, -0.25) is 0 Å². The summed E-state index contributed by atoms with van der Waals surface area (Å²) in [6.07, 6.45) is 7.14. The number of carbonyl (C=O) groups excluding carboxylic acids is 1. The summed E-state index contributed by atoms with van der Waals surface area (Å²) in [5, 5.41) is 3.19. The predicted molar refractivity (Wildman–Crippen MR) is 175 cm³/mol. The highest BCUT2D eigenvalue weighted by atomic mass is 19.1. The highest BCUT2D eigenvalue weighted by molar-refractivity contribution is 5.67. The van der Waals surface area contributed by atoms with Gasteiger partial charge >= 0.3 is 6.09 Å². The molecule has 1 amide bonds. The van der Waals surface area contributed by atoms with Crippen LogP contribution in [-0.2, 0) is 10.2 Å². The van der Waals surface area contributed by atoms with E-state index in [1.807, 2.05) is 24.3 Å². The van der Waals surface area contributed by atoms with Gasteiger partial charge in [0.25, 0.3) is 0 Å². The monoisotopic (exact) mass is 617 g/mol. The zero-order valence-electron chi connectivity index (χ0n) is 26.8. The van der Waals surface area contributed by atoms with Gasteiger partial charge in [0, 0.05) is 43.3 Å². The molecule has 8 nitrogen and oxygen atoms in total. The molecule has 0 bridgehead atoms. The lowest BCUT2D eigenvalue weighted by Gasteiger charge is -2.53.